The Morgan fingerprint density at radius 1 is 1.50 bits per heavy atom. The summed E-state index contributed by atoms with van der Waals surface area (Å²) >= 11 is 2.66. The highest BCUT2D eigenvalue weighted by atomic mass is 32.2. The van der Waals surface area contributed by atoms with E-state index >= 15 is 0 Å². The summed E-state index contributed by atoms with van der Waals surface area (Å²) in [5.41, 5.74) is 2.40. The van der Waals surface area contributed by atoms with Crippen molar-refractivity contribution in [2.75, 3.05) is 19.9 Å². The minimum Gasteiger partial charge on any atom is -0.494 e. The first-order chi connectivity index (χ1) is 11.6. The highest BCUT2D eigenvalue weighted by Crippen LogP contribution is 2.40. The number of hydrogen-bond acceptors (Lipinski definition) is 8. The van der Waals surface area contributed by atoms with Gasteiger partial charge in [0.2, 0.25) is 0 Å². The number of amides is 1. The maximum absolute atomic E-state index is 13.9. The average Bonchev–Trinajstić information content (AvgIpc) is 2.74. The molecule has 0 spiro atoms. The summed E-state index contributed by atoms with van der Waals surface area (Å²) in [6.07, 6.45) is 2.35. The van der Waals surface area contributed by atoms with E-state index in [4.69, 9.17) is 4.74 Å². The second-order valence-electron chi connectivity index (χ2n) is 4.77. The standard InChI is InChI=1S/C14H14FN5O2S2/c1-22-9-5-7-10(6-8(9)15)24-13(12(7)23-2)14(21)17-11-3-4-16-19-20-18-11/h5-6H,3-4H2,1-2H3,(H,16,20)(H,17,18,19,21). The van der Waals surface area contributed by atoms with Gasteiger partial charge in [0.1, 0.15) is 10.7 Å². The normalized spacial score (nSPS) is 14.0. The molecular formula is C14H14FN5O2S2. The van der Waals surface area contributed by atoms with E-state index in [-0.39, 0.29) is 11.7 Å². The number of rotatable bonds is 3. The van der Waals surface area contributed by atoms with E-state index in [0.29, 0.717) is 28.4 Å². The highest BCUT2D eigenvalue weighted by Gasteiger charge is 2.21. The Labute approximate surface area is 145 Å². The van der Waals surface area contributed by atoms with Crippen LogP contribution >= 0.6 is 23.1 Å². The Kier molecular flexibility index (Phi) is 4.95. The van der Waals surface area contributed by atoms with Crippen LogP contribution in [0.25, 0.3) is 10.1 Å². The zero-order chi connectivity index (χ0) is 17.1. The van der Waals surface area contributed by atoms with Crippen molar-refractivity contribution in [2.24, 2.45) is 15.4 Å². The lowest BCUT2D eigenvalue weighted by Crippen LogP contribution is -2.31. The third-order valence-electron chi connectivity index (χ3n) is 3.33. The van der Waals surface area contributed by atoms with Crippen molar-refractivity contribution in [1.29, 1.82) is 0 Å². The molecule has 1 aliphatic heterocycles. The number of carbonyl (C=O) groups is 1. The molecule has 0 saturated carbocycles. The summed E-state index contributed by atoms with van der Waals surface area (Å²) in [4.78, 5) is 13.9. The third kappa shape index (κ3) is 3.20. The van der Waals surface area contributed by atoms with Crippen LogP contribution in [0.2, 0.25) is 0 Å². The molecule has 7 nitrogen and oxygen atoms in total. The molecule has 0 radical (unpaired) electrons. The average molecular weight is 367 g/mol. The summed E-state index contributed by atoms with van der Waals surface area (Å²) in [6, 6.07) is 3.00. The lowest BCUT2D eigenvalue weighted by atomic mass is 10.2. The van der Waals surface area contributed by atoms with E-state index in [1.807, 2.05) is 6.26 Å². The number of benzene rings is 1. The first-order valence-electron chi connectivity index (χ1n) is 6.97. The van der Waals surface area contributed by atoms with Crippen LogP contribution < -0.4 is 15.6 Å². The fourth-order valence-corrected chi connectivity index (χ4v) is 4.34. The van der Waals surface area contributed by atoms with E-state index in [2.05, 4.69) is 26.3 Å². The van der Waals surface area contributed by atoms with E-state index in [0.717, 1.165) is 10.3 Å². The summed E-state index contributed by atoms with van der Waals surface area (Å²) in [6.45, 7) is 0.441. The Morgan fingerprint density at radius 2 is 2.33 bits per heavy atom. The number of nitrogens with one attached hydrogen (secondary N) is 2. The molecule has 0 unspecified atom stereocenters. The highest BCUT2D eigenvalue weighted by molar-refractivity contribution is 7.99. The largest absolute Gasteiger partial charge is 0.494 e. The third-order valence-corrected chi connectivity index (χ3v) is 5.45. The summed E-state index contributed by atoms with van der Waals surface area (Å²) < 4.78 is 19.6. The topological polar surface area (TPSA) is 87.4 Å². The van der Waals surface area contributed by atoms with E-state index < -0.39 is 5.82 Å². The molecule has 0 fully saturated rings. The Hall–Kier alpha value is -2.20. The van der Waals surface area contributed by atoms with Crippen molar-refractivity contribution in [3.8, 4) is 5.75 Å². The maximum atomic E-state index is 13.9. The number of thioether (sulfide) groups is 1. The minimum atomic E-state index is -0.452. The zero-order valence-electron chi connectivity index (χ0n) is 12.9. The number of carbonyl (C=O) groups excluding carboxylic acids is 1. The summed E-state index contributed by atoms with van der Waals surface area (Å²) in [5.74, 6) is -0.129. The van der Waals surface area contributed by atoms with E-state index in [1.54, 1.807) is 6.07 Å². The van der Waals surface area contributed by atoms with Gasteiger partial charge in [0, 0.05) is 21.4 Å². The van der Waals surface area contributed by atoms with Crippen molar-refractivity contribution in [3.05, 3.63) is 22.8 Å². The smallest absolute Gasteiger partial charge is 0.267 e. The Balaban J connectivity index is 1.96. The predicted octanol–water partition coefficient (Wildman–Crippen LogP) is 3.17. The molecule has 1 aromatic heterocycles. The van der Waals surface area contributed by atoms with Gasteiger partial charge in [-0.2, -0.15) is 10.6 Å². The monoisotopic (exact) mass is 367 g/mol. The van der Waals surface area contributed by atoms with Crippen molar-refractivity contribution < 1.29 is 13.9 Å². The molecule has 10 heteroatoms. The van der Waals surface area contributed by atoms with E-state index in [9.17, 15) is 9.18 Å². The fraction of sp³-hybridized carbons (Fsp3) is 0.286. The number of halogens is 1. The van der Waals surface area contributed by atoms with Gasteiger partial charge in [-0.15, -0.1) is 28.2 Å². The van der Waals surface area contributed by atoms with Crippen LogP contribution in [0.1, 0.15) is 16.1 Å². The molecule has 0 bridgehead atoms. The fourth-order valence-electron chi connectivity index (χ4n) is 2.24. The van der Waals surface area contributed by atoms with Crippen LogP contribution in [0.5, 0.6) is 5.75 Å². The van der Waals surface area contributed by atoms with Crippen LogP contribution in [-0.2, 0) is 0 Å². The first-order valence-corrected chi connectivity index (χ1v) is 9.01. The van der Waals surface area contributed by atoms with Gasteiger partial charge in [0.25, 0.3) is 5.91 Å². The predicted molar refractivity (Wildman–Crippen MR) is 92.5 cm³/mol. The lowest BCUT2D eigenvalue weighted by Gasteiger charge is -2.06. The summed E-state index contributed by atoms with van der Waals surface area (Å²) in [5, 5.41) is 14.8. The van der Waals surface area contributed by atoms with Gasteiger partial charge >= 0.3 is 0 Å². The molecule has 24 heavy (non-hydrogen) atoms. The number of amidine groups is 1. The van der Waals surface area contributed by atoms with Gasteiger partial charge in [-0.05, 0) is 18.4 Å². The molecule has 126 valence electrons. The van der Waals surface area contributed by atoms with Gasteiger partial charge in [-0.1, -0.05) is 5.22 Å². The number of fused-ring (bicyclic) bond motifs is 1. The Morgan fingerprint density at radius 3 is 3.08 bits per heavy atom. The number of hydrazone groups is 1. The Bertz CT molecular complexity index is 849. The van der Waals surface area contributed by atoms with Crippen LogP contribution in [0.3, 0.4) is 0 Å². The zero-order valence-corrected chi connectivity index (χ0v) is 14.6. The van der Waals surface area contributed by atoms with Crippen LogP contribution in [0.4, 0.5) is 4.39 Å². The number of nitrogens with zero attached hydrogens (tertiary/aromatic N) is 3. The molecule has 2 aromatic rings. The molecule has 2 N–H and O–H groups in total. The molecule has 0 aliphatic carbocycles. The molecule has 1 aromatic carbocycles. The molecular weight excluding hydrogens is 353 g/mol. The van der Waals surface area contributed by atoms with Crippen molar-refractivity contribution in [1.82, 2.24) is 10.9 Å². The van der Waals surface area contributed by atoms with Crippen LogP contribution in [0, 0.1) is 5.82 Å². The number of hydrogen-bond donors (Lipinski definition) is 2. The maximum Gasteiger partial charge on any atom is 0.267 e. The number of thiophene rings is 1. The van der Waals surface area contributed by atoms with Crippen molar-refractivity contribution in [2.45, 2.75) is 11.3 Å². The second-order valence-corrected chi connectivity index (χ2v) is 6.64. The first kappa shape index (κ1) is 16.7. The minimum absolute atomic E-state index is 0.156. The molecule has 1 aliphatic rings. The number of ether oxygens (including phenoxy) is 1. The molecule has 0 saturated heterocycles. The van der Waals surface area contributed by atoms with Crippen LogP contribution in [-0.4, -0.2) is 31.7 Å². The SMILES string of the molecule is COc1cc2c(SC)c(C(=O)NC3=NNN=NCC3)sc2cc1F. The number of methoxy groups -OCH3 is 1. The molecule has 3 rings (SSSR count). The van der Waals surface area contributed by atoms with Gasteiger partial charge in [0.05, 0.1) is 13.7 Å². The van der Waals surface area contributed by atoms with Crippen LogP contribution in [0.15, 0.2) is 32.5 Å². The molecule has 2 heterocycles. The molecule has 0 atom stereocenters. The van der Waals surface area contributed by atoms with Gasteiger partial charge in [0.15, 0.2) is 11.6 Å². The molecule has 1 amide bonds. The lowest BCUT2D eigenvalue weighted by molar-refractivity contribution is 0.0978. The summed E-state index contributed by atoms with van der Waals surface area (Å²) in [7, 11) is 1.41. The van der Waals surface area contributed by atoms with E-state index in [1.165, 1.54) is 36.3 Å². The second kappa shape index (κ2) is 7.14. The van der Waals surface area contributed by atoms with Gasteiger partial charge in [-0.25, -0.2) is 4.39 Å². The quantitative estimate of drug-likeness (QED) is 0.816. The van der Waals surface area contributed by atoms with Crippen molar-refractivity contribution in [3.63, 3.8) is 0 Å². The van der Waals surface area contributed by atoms with Crippen molar-refractivity contribution >= 4 is 44.9 Å². The van der Waals surface area contributed by atoms with Gasteiger partial charge in [-0.3, -0.25) is 4.79 Å². The van der Waals surface area contributed by atoms with Gasteiger partial charge < -0.3 is 10.1 Å².